The molecule has 0 bridgehead atoms. The topological polar surface area (TPSA) is 66.0 Å². The van der Waals surface area contributed by atoms with Gasteiger partial charge in [-0.25, -0.2) is 4.79 Å². The maximum atomic E-state index is 10.9. The van der Waals surface area contributed by atoms with Crippen LogP contribution in [-0.4, -0.2) is 21.3 Å². The number of rotatable bonds is 6. The number of carbonyl (C=O) groups is 1. The van der Waals surface area contributed by atoms with E-state index in [1.807, 2.05) is 18.3 Å². The van der Waals surface area contributed by atoms with Crippen molar-refractivity contribution >= 4 is 45.4 Å². The van der Waals surface area contributed by atoms with Crippen LogP contribution >= 0.6 is 11.3 Å². The second kappa shape index (κ2) is 8.60. The Morgan fingerprint density at radius 1 is 1.12 bits per heavy atom. The minimum atomic E-state index is -0.943. The summed E-state index contributed by atoms with van der Waals surface area (Å²) in [6.45, 7) is 2.19. The number of aryl methyl sites for hydroxylation is 1. The van der Waals surface area contributed by atoms with Crippen LogP contribution < -0.4 is 0 Å². The zero-order chi connectivity index (χ0) is 22.1. The molecular weight excluding hydrogens is 416 g/mol. The van der Waals surface area contributed by atoms with Crippen LogP contribution in [0.2, 0.25) is 0 Å². The number of allylic oxidation sites excluding steroid dienone is 1. The molecule has 0 aliphatic heterocycles. The van der Waals surface area contributed by atoms with Gasteiger partial charge in [-0.05, 0) is 87.5 Å². The quantitative estimate of drug-likeness (QED) is 0.324. The predicted molar refractivity (Wildman–Crippen MR) is 132 cm³/mol. The monoisotopic (exact) mass is 440 g/mol. The summed E-state index contributed by atoms with van der Waals surface area (Å²) in [5.74, 6) is -0.409. The standard InChI is InChI=1S/C27H24N2O2S/c1-17-15-32-16-23(17)27(19-4-2-5-19)26(21-6-3-7-24-22(21)14-28-29-24)20-11-8-18(9-12-20)10-13-25(30)31/h3,6-16,19H,2,4-5H2,1H3,(H,28,29)(H,30,31). The van der Waals surface area contributed by atoms with Crippen LogP contribution in [0, 0.1) is 12.8 Å². The molecule has 5 heteroatoms. The Kier molecular flexibility index (Phi) is 5.50. The summed E-state index contributed by atoms with van der Waals surface area (Å²) in [6, 6.07) is 14.5. The van der Waals surface area contributed by atoms with Crippen molar-refractivity contribution in [2.75, 3.05) is 0 Å². The molecule has 5 rings (SSSR count). The summed E-state index contributed by atoms with van der Waals surface area (Å²) in [4.78, 5) is 10.9. The Morgan fingerprint density at radius 3 is 2.59 bits per heavy atom. The summed E-state index contributed by atoms with van der Waals surface area (Å²) in [5, 5.41) is 22.0. The molecular formula is C27H24N2O2S. The summed E-state index contributed by atoms with van der Waals surface area (Å²) < 4.78 is 0. The van der Waals surface area contributed by atoms with Crippen LogP contribution in [0.5, 0.6) is 0 Å². The van der Waals surface area contributed by atoms with Crippen LogP contribution in [0.15, 0.2) is 65.5 Å². The highest BCUT2D eigenvalue weighted by molar-refractivity contribution is 7.08. The fourth-order valence-electron chi connectivity index (χ4n) is 4.46. The molecule has 2 heterocycles. The van der Waals surface area contributed by atoms with Gasteiger partial charge < -0.3 is 5.11 Å². The Hall–Kier alpha value is -3.44. The number of aromatic nitrogens is 2. The molecule has 1 aliphatic carbocycles. The molecule has 0 atom stereocenters. The third kappa shape index (κ3) is 3.80. The number of hydrogen-bond acceptors (Lipinski definition) is 3. The number of hydrogen-bond donors (Lipinski definition) is 2. The molecule has 1 fully saturated rings. The molecule has 0 unspecified atom stereocenters. The van der Waals surface area contributed by atoms with Gasteiger partial charge in [-0.2, -0.15) is 16.4 Å². The molecule has 0 radical (unpaired) electrons. The van der Waals surface area contributed by atoms with Gasteiger partial charge in [0.2, 0.25) is 0 Å². The average molecular weight is 441 g/mol. The van der Waals surface area contributed by atoms with E-state index in [9.17, 15) is 4.79 Å². The second-order valence-electron chi connectivity index (χ2n) is 8.32. The molecule has 2 aromatic carbocycles. The first-order chi connectivity index (χ1) is 15.6. The molecule has 0 spiro atoms. The van der Waals surface area contributed by atoms with E-state index < -0.39 is 5.97 Å². The maximum Gasteiger partial charge on any atom is 0.328 e. The van der Waals surface area contributed by atoms with Crippen molar-refractivity contribution in [3.8, 4) is 0 Å². The Morgan fingerprint density at radius 2 is 1.94 bits per heavy atom. The zero-order valence-corrected chi connectivity index (χ0v) is 18.7. The number of H-pyrrole nitrogens is 1. The minimum absolute atomic E-state index is 0.534. The van der Waals surface area contributed by atoms with Crippen LogP contribution in [0.25, 0.3) is 28.1 Å². The molecule has 0 amide bonds. The van der Waals surface area contributed by atoms with Crippen molar-refractivity contribution in [2.45, 2.75) is 26.2 Å². The molecule has 4 nitrogen and oxygen atoms in total. The number of carboxylic acid groups (broad SMARTS) is 1. The van der Waals surface area contributed by atoms with Gasteiger partial charge in [-0.15, -0.1) is 0 Å². The second-order valence-corrected chi connectivity index (χ2v) is 9.06. The van der Waals surface area contributed by atoms with Gasteiger partial charge in [0.1, 0.15) is 0 Å². The third-order valence-electron chi connectivity index (χ3n) is 6.30. The van der Waals surface area contributed by atoms with E-state index >= 15 is 0 Å². The molecule has 4 aromatic rings. The number of thiophene rings is 1. The van der Waals surface area contributed by atoms with Gasteiger partial charge in [-0.1, -0.05) is 42.8 Å². The maximum absolute atomic E-state index is 10.9. The van der Waals surface area contributed by atoms with Crippen LogP contribution in [0.1, 0.15) is 47.1 Å². The van der Waals surface area contributed by atoms with Crippen molar-refractivity contribution in [3.63, 3.8) is 0 Å². The Balaban J connectivity index is 1.76. The summed E-state index contributed by atoms with van der Waals surface area (Å²) in [6.07, 6.45) is 8.38. The smallest absolute Gasteiger partial charge is 0.328 e. The Bertz CT molecular complexity index is 1340. The van der Waals surface area contributed by atoms with Gasteiger partial charge in [0, 0.05) is 11.5 Å². The Labute approximate surface area is 190 Å². The van der Waals surface area contributed by atoms with Gasteiger partial charge in [-0.3, -0.25) is 5.10 Å². The SMILES string of the molecule is Cc1cscc1C(=C(c1ccc(C=CC(=O)O)cc1)c1cccc2[nH]ncc12)C1CCC1. The van der Waals surface area contributed by atoms with Crippen LogP contribution in [0.4, 0.5) is 0 Å². The first-order valence-corrected chi connectivity index (χ1v) is 11.8. The fourth-order valence-corrected chi connectivity index (χ4v) is 5.31. The molecule has 0 saturated heterocycles. The predicted octanol–water partition coefficient (Wildman–Crippen LogP) is 6.79. The van der Waals surface area contributed by atoms with E-state index in [0.29, 0.717) is 5.92 Å². The number of nitrogens with zero attached hydrogens (tertiary/aromatic N) is 1. The lowest BCUT2D eigenvalue weighted by molar-refractivity contribution is -0.131. The zero-order valence-electron chi connectivity index (χ0n) is 17.8. The van der Waals surface area contributed by atoms with Gasteiger partial charge in [0.05, 0.1) is 11.7 Å². The summed E-state index contributed by atoms with van der Waals surface area (Å²) >= 11 is 1.75. The van der Waals surface area contributed by atoms with E-state index in [0.717, 1.165) is 22.0 Å². The van der Waals surface area contributed by atoms with Crippen LogP contribution in [0.3, 0.4) is 0 Å². The lowest BCUT2D eigenvalue weighted by Gasteiger charge is -2.31. The molecule has 160 valence electrons. The van der Waals surface area contributed by atoms with E-state index in [1.54, 1.807) is 17.4 Å². The summed E-state index contributed by atoms with van der Waals surface area (Å²) in [7, 11) is 0. The molecule has 1 aliphatic rings. The number of nitrogens with one attached hydrogen (secondary N) is 1. The number of carboxylic acids is 1. The van der Waals surface area contributed by atoms with Crippen molar-refractivity contribution < 1.29 is 9.90 Å². The van der Waals surface area contributed by atoms with Crippen molar-refractivity contribution in [1.82, 2.24) is 10.2 Å². The summed E-state index contributed by atoms with van der Waals surface area (Å²) in [5.41, 5.74) is 9.52. The normalized spacial score (nSPS) is 15.2. The lowest BCUT2D eigenvalue weighted by atomic mass is 9.72. The molecule has 1 saturated carbocycles. The molecule has 2 aromatic heterocycles. The van der Waals surface area contributed by atoms with E-state index in [-0.39, 0.29) is 0 Å². The van der Waals surface area contributed by atoms with Gasteiger partial charge >= 0.3 is 5.97 Å². The minimum Gasteiger partial charge on any atom is -0.478 e. The third-order valence-corrected chi connectivity index (χ3v) is 7.16. The number of aromatic amines is 1. The van der Waals surface area contributed by atoms with E-state index in [1.165, 1.54) is 53.2 Å². The highest BCUT2D eigenvalue weighted by atomic mass is 32.1. The van der Waals surface area contributed by atoms with Crippen molar-refractivity contribution in [3.05, 3.63) is 93.3 Å². The number of aliphatic carboxylic acids is 1. The van der Waals surface area contributed by atoms with Crippen LogP contribution in [-0.2, 0) is 4.79 Å². The number of fused-ring (bicyclic) bond motifs is 1. The molecule has 2 N–H and O–H groups in total. The van der Waals surface area contributed by atoms with Crippen molar-refractivity contribution in [1.29, 1.82) is 0 Å². The van der Waals surface area contributed by atoms with Gasteiger partial charge in [0.15, 0.2) is 0 Å². The lowest BCUT2D eigenvalue weighted by Crippen LogP contribution is -2.15. The highest BCUT2D eigenvalue weighted by Crippen LogP contribution is 2.47. The van der Waals surface area contributed by atoms with Gasteiger partial charge in [0.25, 0.3) is 0 Å². The molecule has 32 heavy (non-hydrogen) atoms. The first-order valence-electron chi connectivity index (χ1n) is 10.8. The first kappa shape index (κ1) is 20.5. The van der Waals surface area contributed by atoms with E-state index in [4.69, 9.17) is 5.11 Å². The number of benzene rings is 2. The average Bonchev–Trinajstić information content (AvgIpc) is 3.40. The van der Waals surface area contributed by atoms with Crippen molar-refractivity contribution in [2.24, 2.45) is 5.92 Å². The fraction of sp³-hybridized carbons (Fsp3) is 0.185. The highest BCUT2D eigenvalue weighted by Gasteiger charge is 2.29. The van der Waals surface area contributed by atoms with E-state index in [2.05, 4.69) is 58.2 Å². The largest absolute Gasteiger partial charge is 0.478 e.